The number of rotatable bonds is 4. The number of hydrogen-bond acceptors (Lipinski definition) is 2. The van der Waals surface area contributed by atoms with E-state index in [1.165, 1.54) is 30.1 Å². The van der Waals surface area contributed by atoms with Crippen molar-refractivity contribution in [3.63, 3.8) is 0 Å². The summed E-state index contributed by atoms with van der Waals surface area (Å²) in [6.45, 7) is -0.0508. The third-order valence-electron chi connectivity index (χ3n) is 2.19. The first-order chi connectivity index (χ1) is 7.80. The molecular formula is C11H13F3N2O. The van der Waals surface area contributed by atoms with E-state index in [0.29, 0.717) is 0 Å². The standard InChI is InChI=1S/C11H13F3N2O/c1-16(7-10(15)17)6-8-4-2-3-5-9(8)11(12,13)14/h2-5H,6-7H2,1H3,(H2,15,17). The van der Waals surface area contributed by atoms with Crippen LogP contribution in [0, 0.1) is 0 Å². The van der Waals surface area contributed by atoms with Gasteiger partial charge in [-0.05, 0) is 18.7 Å². The van der Waals surface area contributed by atoms with Crippen molar-refractivity contribution < 1.29 is 18.0 Å². The number of benzene rings is 1. The quantitative estimate of drug-likeness (QED) is 0.877. The van der Waals surface area contributed by atoms with Crippen molar-refractivity contribution in [2.75, 3.05) is 13.6 Å². The van der Waals surface area contributed by atoms with Crippen molar-refractivity contribution in [3.05, 3.63) is 35.4 Å². The lowest BCUT2D eigenvalue weighted by molar-refractivity contribution is -0.138. The fourth-order valence-corrected chi connectivity index (χ4v) is 1.55. The Morgan fingerprint density at radius 1 is 1.35 bits per heavy atom. The van der Waals surface area contributed by atoms with Gasteiger partial charge in [-0.1, -0.05) is 18.2 Å². The Morgan fingerprint density at radius 3 is 2.47 bits per heavy atom. The van der Waals surface area contributed by atoms with Crippen LogP contribution in [0.3, 0.4) is 0 Å². The summed E-state index contributed by atoms with van der Waals surface area (Å²) in [6.07, 6.45) is -4.38. The van der Waals surface area contributed by atoms with Crippen LogP contribution in [0.2, 0.25) is 0 Å². The number of alkyl halides is 3. The van der Waals surface area contributed by atoms with Crippen LogP contribution in [0.4, 0.5) is 13.2 Å². The van der Waals surface area contributed by atoms with Gasteiger partial charge < -0.3 is 5.73 Å². The predicted octanol–water partition coefficient (Wildman–Crippen LogP) is 1.62. The molecule has 0 heterocycles. The molecule has 94 valence electrons. The van der Waals surface area contributed by atoms with Gasteiger partial charge in [-0.25, -0.2) is 0 Å². The molecule has 0 atom stereocenters. The van der Waals surface area contributed by atoms with E-state index in [0.717, 1.165) is 6.07 Å². The molecule has 2 N–H and O–H groups in total. The number of likely N-dealkylation sites (N-methyl/N-ethyl adjacent to an activating group) is 1. The summed E-state index contributed by atoms with van der Waals surface area (Å²) >= 11 is 0. The van der Waals surface area contributed by atoms with Crippen LogP contribution in [0.5, 0.6) is 0 Å². The topological polar surface area (TPSA) is 46.3 Å². The highest BCUT2D eigenvalue weighted by Crippen LogP contribution is 2.32. The molecule has 6 heteroatoms. The highest BCUT2D eigenvalue weighted by atomic mass is 19.4. The van der Waals surface area contributed by atoms with Gasteiger partial charge in [-0.2, -0.15) is 13.2 Å². The van der Waals surface area contributed by atoms with Crippen molar-refractivity contribution >= 4 is 5.91 Å². The molecule has 0 aliphatic carbocycles. The molecule has 0 saturated carbocycles. The second-order valence-corrected chi connectivity index (χ2v) is 3.79. The monoisotopic (exact) mass is 246 g/mol. The second kappa shape index (κ2) is 5.18. The number of halogens is 3. The first-order valence-corrected chi connectivity index (χ1v) is 4.92. The zero-order valence-corrected chi connectivity index (χ0v) is 9.29. The van der Waals surface area contributed by atoms with E-state index in [2.05, 4.69) is 0 Å². The number of carbonyl (C=O) groups excluding carboxylic acids is 1. The lowest BCUT2D eigenvalue weighted by Crippen LogP contribution is -2.30. The molecule has 0 fully saturated rings. The van der Waals surface area contributed by atoms with Gasteiger partial charge >= 0.3 is 6.18 Å². The number of nitrogens with two attached hydrogens (primary N) is 1. The van der Waals surface area contributed by atoms with Crippen molar-refractivity contribution in [3.8, 4) is 0 Å². The minimum atomic E-state index is -4.38. The van der Waals surface area contributed by atoms with Crippen LogP contribution in [0.1, 0.15) is 11.1 Å². The molecule has 0 bridgehead atoms. The smallest absolute Gasteiger partial charge is 0.369 e. The highest BCUT2D eigenvalue weighted by Gasteiger charge is 2.32. The molecule has 3 nitrogen and oxygen atoms in total. The SMILES string of the molecule is CN(CC(N)=O)Cc1ccccc1C(F)(F)F. The summed E-state index contributed by atoms with van der Waals surface area (Å²) in [5.41, 5.74) is 4.41. The summed E-state index contributed by atoms with van der Waals surface area (Å²) in [5, 5.41) is 0. The fraction of sp³-hybridized carbons (Fsp3) is 0.364. The van der Waals surface area contributed by atoms with Gasteiger partial charge in [-0.3, -0.25) is 9.69 Å². The van der Waals surface area contributed by atoms with E-state index in [1.54, 1.807) is 0 Å². The molecule has 0 unspecified atom stereocenters. The summed E-state index contributed by atoms with van der Waals surface area (Å²) in [4.78, 5) is 12.1. The van der Waals surface area contributed by atoms with E-state index >= 15 is 0 Å². The van der Waals surface area contributed by atoms with Gasteiger partial charge in [0.05, 0.1) is 12.1 Å². The lowest BCUT2D eigenvalue weighted by Gasteiger charge is -2.18. The molecule has 1 rings (SSSR count). The number of carbonyl (C=O) groups is 1. The van der Waals surface area contributed by atoms with Crippen LogP contribution in [0.25, 0.3) is 0 Å². The van der Waals surface area contributed by atoms with Crippen LogP contribution < -0.4 is 5.73 Å². The zero-order valence-electron chi connectivity index (χ0n) is 9.29. The molecule has 1 aromatic rings. The number of primary amides is 1. The maximum Gasteiger partial charge on any atom is 0.416 e. The normalized spacial score (nSPS) is 11.8. The number of amides is 1. The highest BCUT2D eigenvalue weighted by molar-refractivity contribution is 5.75. The predicted molar refractivity (Wildman–Crippen MR) is 57.0 cm³/mol. The van der Waals surface area contributed by atoms with Crippen LogP contribution in [-0.2, 0) is 17.5 Å². The Kier molecular flexibility index (Phi) is 4.11. The third-order valence-corrected chi connectivity index (χ3v) is 2.19. The molecule has 1 amide bonds. The van der Waals surface area contributed by atoms with Crippen LogP contribution in [-0.4, -0.2) is 24.4 Å². The maximum absolute atomic E-state index is 12.7. The molecule has 1 aromatic carbocycles. The molecule has 0 spiro atoms. The third kappa shape index (κ3) is 4.07. The van der Waals surface area contributed by atoms with Gasteiger partial charge in [0, 0.05) is 6.54 Å². The van der Waals surface area contributed by atoms with Crippen molar-refractivity contribution in [2.45, 2.75) is 12.7 Å². The van der Waals surface area contributed by atoms with Crippen molar-refractivity contribution in [1.82, 2.24) is 4.90 Å². The van der Waals surface area contributed by atoms with Crippen LogP contribution in [0.15, 0.2) is 24.3 Å². The Labute approximate surface area is 97.0 Å². The second-order valence-electron chi connectivity index (χ2n) is 3.79. The maximum atomic E-state index is 12.7. The van der Waals surface area contributed by atoms with E-state index < -0.39 is 17.6 Å². The van der Waals surface area contributed by atoms with Crippen molar-refractivity contribution in [1.29, 1.82) is 0 Å². The molecular weight excluding hydrogens is 233 g/mol. The van der Waals surface area contributed by atoms with Gasteiger partial charge in [0.1, 0.15) is 0 Å². The minimum absolute atomic E-state index is 0.0264. The first-order valence-electron chi connectivity index (χ1n) is 4.92. The first kappa shape index (κ1) is 13.5. The zero-order chi connectivity index (χ0) is 13.1. The average molecular weight is 246 g/mol. The fourth-order valence-electron chi connectivity index (χ4n) is 1.55. The van der Waals surface area contributed by atoms with Crippen LogP contribution >= 0.6 is 0 Å². The summed E-state index contributed by atoms with van der Waals surface area (Å²) in [7, 11) is 1.54. The molecule has 0 aliphatic heterocycles. The van der Waals surface area contributed by atoms with E-state index in [1.807, 2.05) is 0 Å². The molecule has 0 saturated heterocycles. The van der Waals surface area contributed by atoms with Gasteiger partial charge in [0.15, 0.2) is 0 Å². The van der Waals surface area contributed by atoms with Gasteiger partial charge in [0.25, 0.3) is 0 Å². The van der Waals surface area contributed by atoms with Crippen molar-refractivity contribution in [2.24, 2.45) is 5.73 Å². The van der Waals surface area contributed by atoms with E-state index in [-0.39, 0.29) is 18.7 Å². The Balaban J connectivity index is 2.87. The summed E-state index contributed by atoms with van der Waals surface area (Å²) in [5.74, 6) is -0.572. The molecule has 0 aromatic heterocycles. The molecule has 0 radical (unpaired) electrons. The number of hydrogen-bond donors (Lipinski definition) is 1. The van der Waals surface area contributed by atoms with Gasteiger partial charge in [-0.15, -0.1) is 0 Å². The number of nitrogens with zero attached hydrogens (tertiary/aromatic N) is 1. The minimum Gasteiger partial charge on any atom is -0.369 e. The lowest BCUT2D eigenvalue weighted by atomic mass is 10.1. The summed E-state index contributed by atoms with van der Waals surface area (Å²) in [6, 6.07) is 5.27. The van der Waals surface area contributed by atoms with Gasteiger partial charge in [0.2, 0.25) is 5.91 Å². The van der Waals surface area contributed by atoms with E-state index in [9.17, 15) is 18.0 Å². The molecule has 17 heavy (non-hydrogen) atoms. The average Bonchev–Trinajstić information content (AvgIpc) is 2.15. The molecule has 0 aliphatic rings. The Hall–Kier alpha value is -1.56. The van der Waals surface area contributed by atoms with E-state index in [4.69, 9.17) is 5.73 Å². The summed E-state index contributed by atoms with van der Waals surface area (Å²) < 4.78 is 38.0. The Bertz CT molecular complexity index is 404. The largest absolute Gasteiger partial charge is 0.416 e. The Morgan fingerprint density at radius 2 is 1.94 bits per heavy atom.